The molecule has 2 fully saturated rings. The van der Waals surface area contributed by atoms with Gasteiger partial charge in [0.05, 0.1) is 22.2 Å². The lowest BCUT2D eigenvalue weighted by atomic mass is 9.98. The van der Waals surface area contributed by atoms with Gasteiger partial charge in [0.2, 0.25) is 12.4 Å². The molecule has 0 unspecified atom stereocenters. The average molecular weight is 1580 g/mol. The lowest BCUT2D eigenvalue weighted by molar-refractivity contribution is -0.288. The number of phenols is 1. The molecule has 0 spiro atoms. The number of hydrogen-bond acceptors (Lipinski definition) is 26. The Balaban J connectivity index is 0.00000150. The fourth-order valence-corrected chi connectivity index (χ4v) is 11.7. The number of phenolic OH excluding ortho intramolecular Hbond substituents is 1. The highest BCUT2D eigenvalue weighted by molar-refractivity contribution is 9.11. The Bertz CT molecular complexity index is 3430. The molecule has 2 aromatic carbocycles. The Morgan fingerprint density at radius 2 is 0.811 bits per heavy atom. The van der Waals surface area contributed by atoms with Crippen LogP contribution in [-0.4, -0.2) is 143 Å². The standard InChI is InChI=1S/C30H39BrO13Si.C16H21BrO4Si.C14H19BrO9.4CH4/c1-15(32)37-14-24-26(39-16(2)33)27(40-17(3)34)28(41-18(4)35)29(44-24)43-23-12-22-20(11-21(23)31)19(10-25(36)42-22)13-38-45(8,9)30(5,6)7;1-16(2,3)22(4,5)20-9-10-6-15(19)21-14-8-13(18)12(17)7-11(10)14;1-6(16)20-5-10-11(21-7(2)17)12(22-8(3)18)13(14(15)24-10)23-9(4)19;;;;/h10-12,24,26-29H,13-14H2,1-9H3;6-8,18H,9H2,1-5H3;10-14H,5H2,1-4H3;4*1H4/t24-,26+,27+,28-,29-;;10-,11+,12+,13-,14+;;;;/m1.1..../s1. The molecule has 0 amide bonds. The maximum atomic E-state index is 12.5. The third-order valence-electron chi connectivity index (χ3n) is 14.7. The van der Waals surface area contributed by atoms with E-state index in [4.69, 9.17) is 69.8 Å². The van der Waals surface area contributed by atoms with E-state index in [1.54, 1.807) is 12.1 Å². The fourth-order valence-electron chi connectivity index (χ4n) is 8.33. The van der Waals surface area contributed by atoms with Gasteiger partial charge < -0.3 is 74.9 Å². The number of ether oxygens (including phenoxy) is 11. The highest BCUT2D eigenvalue weighted by atomic mass is 79.9. The lowest BCUT2D eigenvalue weighted by Crippen LogP contribution is -2.63. The van der Waals surface area contributed by atoms with Crippen molar-refractivity contribution in [1.29, 1.82) is 0 Å². The molecule has 0 radical (unpaired) electrons. The van der Waals surface area contributed by atoms with Crippen molar-refractivity contribution >= 4 is 134 Å². The monoisotopic (exact) mass is 1570 g/mol. The second-order valence-corrected chi connectivity index (χ2v) is 36.3. The Kier molecular flexibility index (Phi) is 35.2. The maximum absolute atomic E-state index is 12.5. The fraction of sp³-hybridized carbons (Fsp3) is 0.594. The van der Waals surface area contributed by atoms with Gasteiger partial charge in [-0.2, -0.15) is 0 Å². The summed E-state index contributed by atoms with van der Waals surface area (Å²) in [6.45, 7) is 30.6. The van der Waals surface area contributed by atoms with Gasteiger partial charge in [-0.3, -0.25) is 38.4 Å². The van der Waals surface area contributed by atoms with Gasteiger partial charge in [-0.25, -0.2) is 9.59 Å². The minimum Gasteiger partial charge on any atom is -0.507 e. The van der Waals surface area contributed by atoms with Crippen LogP contribution >= 0.6 is 47.8 Å². The van der Waals surface area contributed by atoms with Crippen LogP contribution in [0.2, 0.25) is 36.3 Å². The zero-order valence-electron chi connectivity index (χ0n) is 53.9. The number of fused-ring (bicyclic) bond motifs is 2. The highest BCUT2D eigenvalue weighted by Crippen LogP contribution is 2.41. The molecule has 2 aliphatic rings. The van der Waals surface area contributed by atoms with Crippen LogP contribution in [0, 0.1) is 0 Å². The number of carbonyl (C=O) groups is 8. The van der Waals surface area contributed by atoms with E-state index in [9.17, 15) is 53.1 Å². The number of alkyl halides is 1. The van der Waals surface area contributed by atoms with Crippen LogP contribution in [0.25, 0.3) is 21.9 Å². The van der Waals surface area contributed by atoms with E-state index in [1.807, 2.05) is 0 Å². The SMILES string of the molecule is C.C.C.C.CC(=O)OC[C@H]1O[C@@H](Oc2cc3oc(=O)cc(CO[Si](C)(C)C(C)(C)C)c3cc2Br)[C@H](OC(C)=O)[C@@H](OC(C)=O)[C@H]1OC(C)=O.CC(=O)OC[C@H]1O[C@H](Br)[C@H](OC(C)=O)[C@@H](OC(C)=O)[C@H]1OC(C)=O.CC(C)(C)[Si](C)(C)OCc1cc(=O)oc2cc(O)c(Br)cc12. The molecule has 2 aliphatic heterocycles. The van der Waals surface area contributed by atoms with Crippen LogP contribution < -0.4 is 16.0 Å². The highest BCUT2D eigenvalue weighted by Gasteiger charge is 2.54. The first-order chi connectivity index (χ1) is 41.9. The van der Waals surface area contributed by atoms with Gasteiger partial charge in [-0.05, 0) is 91.4 Å². The van der Waals surface area contributed by atoms with Gasteiger partial charge >= 0.3 is 59.0 Å². The van der Waals surface area contributed by atoms with Crippen LogP contribution in [0.15, 0.2) is 63.8 Å². The van der Waals surface area contributed by atoms with Crippen molar-refractivity contribution in [3.8, 4) is 11.5 Å². The molecule has 10 atom stereocenters. The number of esters is 8. The van der Waals surface area contributed by atoms with Crippen LogP contribution in [-0.2, 0) is 108 Å². The van der Waals surface area contributed by atoms with E-state index in [-0.39, 0.29) is 70.1 Å². The molecule has 4 aromatic rings. The molecule has 1 N–H and O–H groups in total. The molecule has 536 valence electrons. The molecular formula is C64H95Br3O26Si2. The van der Waals surface area contributed by atoms with E-state index in [1.165, 1.54) is 45.0 Å². The zero-order chi connectivity index (χ0) is 69.0. The predicted molar refractivity (Wildman–Crippen MR) is 366 cm³/mol. The second-order valence-electron chi connectivity index (χ2n) is 24.1. The summed E-state index contributed by atoms with van der Waals surface area (Å²) in [4.78, 5) is 117. The van der Waals surface area contributed by atoms with E-state index >= 15 is 0 Å². The Morgan fingerprint density at radius 1 is 0.474 bits per heavy atom. The van der Waals surface area contributed by atoms with Crippen molar-refractivity contribution in [2.45, 2.75) is 236 Å². The van der Waals surface area contributed by atoms with E-state index in [0.29, 0.717) is 32.1 Å². The molecule has 6 rings (SSSR count). The first kappa shape index (κ1) is 88.9. The van der Waals surface area contributed by atoms with Crippen molar-refractivity contribution in [2.75, 3.05) is 13.2 Å². The third kappa shape index (κ3) is 26.0. The third-order valence-corrected chi connectivity index (χ3v) is 25.6. The van der Waals surface area contributed by atoms with Gasteiger partial charge in [-0.15, -0.1) is 0 Å². The van der Waals surface area contributed by atoms with E-state index in [2.05, 4.69) is 116 Å². The van der Waals surface area contributed by atoms with Crippen LogP contribution in [0.5, 0.6) is 11.5 Å². The summed E-state index contributed by atoms with van der Waals surface area (Å²) in [7, 11) is -4.06. The smallest absolute Gasteiger partial charge is 0.336 e. The average Bonchev–Trinajstić information content (AvgIpc) is 0.789. The van der Waals surface area contributed by atoms with E-state index in [0.717, 1.165) is 45.6 Å². The number of hydrogen-bond donors (Lipinski definition) is 1. The second kappa shape index (κ2) is 37.6. The number of carbonyl (C=O) groups excluding carboxylic acids is 8. The maximum Gasteiger partial charge on any atom is 0.336 e. The molecule has 4 heterocycles. The van der Waals surface area contributed by atoms with Crippen molar-refractivity contribution < 1.29 is 113 Å². The number of aromatic hydroxyl groups is 1. The van der Waals surface area contributed by atoms with Gasteiger partial charge in [0.25, 0.3) is 0 Å². The van der Waals surface area contributed by atoms with Crippen LogP contribution in [0.1, 0.15) is 138 Å². The van der Waals surface area contributed by atoms with E-state index < -0.39 is 142 Å². The Morgan fingerprint density at radius 3 is 1.19 bits per heavy atom. The summed E-state index contributed by atoms with van der Waals surface area (Å²) in [5.41, 5.74) is 0.893. The molecule has 95 heavy (non-hydrogen) atoms. The lowest BCUT2D eigenvalue weighted by Gasteiger charge is -2.44. The summed E-state index contributed by atoms with van der Waals surface area (Å²) in [6.07, 6.45) is -11.1. The normalized spacial score (nSPS) is 20.8. The van der Waals surface area contributed by atoms with Crippen molar-refractivity contribution in [2.24, 2.45) is 0 Å². The molecule has 0 bridgehead atoms. The number of rotatable bonds is 18. The number of benzene rings is 2. The Labute approximate surface area is 582 Å². The Hall–Kier alpha value is -6.07. The molecule has 0 aliphatic carbocycles. The summed E-state index contributed by atoms with van der Waals surface area (Å²) in [5, 5.41) is 10.3. The zero-order valence-corrected chi connectivity index (χ0v) is 60.6. The minimum absolute atomic E-state index is 0. The largest absolute Gasteiger partial charge is 0.507 e. The topological polar surface area (TPSA) is 337 Å². The number of halogens is 3. The van der Waals surface area contributed by atoms with Gasteiger partial charge in [0.1, 0.15) is 48.1 Å². The summed E-state index contributed by atoms with van der Waals surface area (Å²) >= 11 is 9.96. The van der Waals surface area contributed by atoms with Crippen LogP contribution in [0.4, 0.5) is 0 Å². The predicted octanol–water partition coefficient (Wildman–Crippen LogP) is 12.3. The molecule has 2 saturated heterocycles. The first-order valence-corrected chi connectivity index (χ1v) is 36.6. The molecule has 31 heteroatoms. The molecule has 0 saturated carbocycles. The van der Waals surface area contributed by atoms with Crippen LogP contribution in [0.3, 0.4) is 0 Å². The summed E-state index contributed by atoms with van der Waals surface area (Å²) < 4.78 is 83.7. The van der Waals surface area contributed by atoms with Gasteiger partial charge in [0.15, 0.2) is 52.2 Å². The molecular weight excluding hydrogens is 1480 g/mol. The minimum atomic E-state index is -2.15. The van der Waals surface area contributed by atoms with Crippen molar-refractivity contribution in [1.82, 2.24) is 0 Å². The van der Waals surface area contributed by atoms with Gasteiger partial charge in [-0.1, -0.05) is 87.2 Å². The van der Waals surface area contributed by atoms with Crippen molar-refractivity contribution in [3.05, 3.63) is 77.3 Å². The quantitative estimate of drug-likeness (QED) is 0.0318. The van der Waals surface area contributed by atoms with Crippen molar-refractivity contribution in [3.63, 3.8) is 0 Å². The summed E-state index contributed by atoms with van der Waals surface area (Å²) in [6, 6.07) is 9.16. The first-order valence-electron chi connectivity index (χ1n) is 28.3. The summed E-state index contributed by atoms with van der Waals surface area (Å²) in [5.74, 6) is -5.33. The molecule has 26 nitrogen and oxygen atoms in total. The van der Waals surface area contributed by atoms with Gasteiger partial charge in [0, 0.05) is 90.4 Å². The molecule has 2 aromatic heterocycles.